The Kier molecular flexibility index (Phi) is 7.80. The number of aryl methyl sites for hydroxylation is 1. The summed E-state index contributed by atoms with van der Waals surface area (Å²) in [5, 5.41) is 4.46. The Morgan fingerprint density at radius 3 is 2.33 bits per heavy atom. The molecule has 0 aliphatic heterocycles. The van der Waals surface area contributed by atoms with E-state index in [9.17, 15) is 0 Å². The highest BCUT2D eigenvalue weighted by Gasteiger charge is 2.18. The first-order valence-corrected chi connectivity index (χ1v) is 9.42. The molecule has 4 heteroatoms. The van der Waals surface area contributed by atoms with Crippen LogP contribution in [-0.4, -0.2) is 16.1 Å². The van der Waals surface area contributed by atoms with Gasteiger partial charge in [0, 0.05) is 29.5 Å². The minimum atomic E-state index is -0.00458. The molecule has 1 aromatic heterocycles. The summed E-state index contributed by atoms with van der Waals surface area (Å²) in [6.07, 6.45) is 13.5. The zero-order chi connectivity index (χ0) is 17.3. The summed E-state index contributed by atoms with van der Waals surface area (Å²) in [5.41, 5.74) is 1.28. The number of nitrogens with zero attached hydrogens (tertiary/aromatic N) is 2. The quantitative estimate of drug-likeness (QED) is 0.551. The van der Waals surface area contributed by atoms with Gasteiger partial charge in [0.1, 0.15) is 0 Å². The van der Waals surface area contributed by atoms with Crippen molar-refractivity contribution in [2.45, 2.75) is 64.5 Å². The van der Waals surface area contributed by atoms with Crippen LogP contribution in [0.15, 0.2) is 43.0 Å². The molecular weight excluding hydrogens is 318 g/mol. The van der Waals surface area contributed by atoms with Gasteiger partial charge in [0.05, 0.1) is 6.33 Å². The first kappa shape index (κ1) is 19.0. The van der Waals surface area contributed by atoms with Crippen molar-refractivity contribution in [3.63, 3.8) is 0 Å². The highest BCUT2D eigenvalue weighted by molar-refractivity contribution is 6.30. The van der Waals surface area contributed by atoms with Crippen LogP contribution in [0.1, 0.15) is 57.9 Å². The number of halogens is 1. The number of hydrogen-bond acceptors (Lipinski definition) is 2. The zero-order valence-electron chi connectivity index (χ0n) is 15.0. The monoisotopic (exact) mass is 347 g/mol. The third-order valence-corrected chi connectivity index (χ3v) is 4.79. The second-order valence-electron chi connectivity index (χ2n) is 6.98. The molecule has 0 bridgehead atoms. The van der Waals surface area contributed by atoms with E-state index in [2.05, 4.69) is 40.8 Å². The van der Waals surface area contributed by atoms with Gasteiger partial charge in [-0.15, -0.1) is 0 Å². The van der Waals surface area contributed by atoms with Crippen LogP contribution in [0.2, 0.25) is 5.02 Å². The second kappa shape index (κ2) is 9.85. The Hall–Kier alpha value is -1.32. The van der Waals surface area contributed by atoms with Gasteiger partial charge >= 0.3 is 0 Å². The van der Waals surface area contributed by atoms with Crippen LogP contribution < -0.4 is 5.32 Å². The van der Waals surface area contributed by atoms with Gasteiger partial charge in [-0.1, -0.05) is 49.4 Å². The molecule has 0 saturated carbocycles. The van der Waals surface area contributed by atoms with Gasteiger partial charge < -0.3 is 9.88 Å². The molecule has 3 nitrogen and oxygen atoms in total. The summed E-state index contributed by atoms with van der Waals surface area (Å²) in [7, 11) is 0. The van der Waals surface area contributed by atoms with E-state index in [1.807, 2.05) is 30.9 Å². The highest BCUT2D eigenvalue weighted by atomic mass is 35.5. The second-order valence-corrected chi connectivity index (χ2v) is 7.42. The first-order valence-electron chi connectivity index (χ1n) is 9.05. The normalized spacial score (nSPS) is 11.8. The van der Waals surface area contributed by atoms with E-state index < -0.39 is 0 Å². The maximum atomic E-state index is 5.96. The number of nitrogens with one attached hydrogen (secondary N) is 1. The number of hydrogen-bond donors (Lipinski definition) is 1. The molecule has 0 aliphatic carbocycles. The first-order chi connectivity index (χ1) is 11.6. The molecule has 132 valence electrons. The van der Waals surface area contributed by atoms with Crippen molar-refractivity contribution in [2.24, 2.45) is 0 Å². The van der Waals surface area contributed by atoms with Gasteiger partial charge in [0.2, 0.25) is 0 Å². The molecular formula is C20H30ClN3. The molecule has 1 heterocycles. The number of benzene rings is 1. The van der Waals surface area contributed by atoms with Crippen molar-refractivity contribution in [1.82, 2.24) is 14.9 Å². The molecule has 1 aromatic carbocycles. The van der Waals surface area contributed by atoms with Crippen molar-refractivity contribution in [3.05, 3.63) is 53.6 Å². The molecule has 0 fully saturated rings. The van der Waals surface area contributed by atoms with E-state index in [4.69, 9.17) is 11.6 Å². The van der Waals surface area contributed by atoms with Gasteiger partial charge in [-0.25, -0.2) is 4.98 Å². The molecule has 2 rings (SSSR count). The van der Waals surface area contributed by atoms with E-state index in [-0.39, 0.29) is 5.54 Å². The summed E-state index contributed by atoms with van der Waals surface area (Å²) >= 11 is 5.96. The fraction of sp³-hybridized carbons (Fsp3) is 0.550. The van der Waals surface area contributed by atoms with Crippen LogP contribution in [0.25, 0.3) is 0 Å². The lowest BCUT2D eigenvalue weighted by atomic mass is 9.94. The van der Waals surface area contributed by atoms with Crippen molar-refractivity contribution < 1.29 is 0 Å². The molecule has 0 saturated heterocycles. The van der Waals surface area contributed by atoms with E-state index in [0.29, 0.717) is 0 Å². The lowest BCUT2D eigenvalue weighted by Gasteiger charge is -2.27. The van der Waals surface area contributed by atoms with Gasteiger partial charge in [0.15, 0.2) is 0 Å². The molecule has 0 unspecified atom stereocenters. The number of rotatable bonds is 11. The average Bonchev–Trinajstić information content (AvgIpc) is 3.07. The predicted molar refractivity (Wildman–Crippen MR) is 102 cm³/mol. The fourth-order valence-corrected chi connectivity index (χ4v) is 3.04. The molecule has 1 N–H and O–H groups in total. The van der Waals surface area contributed by atoms with Crippen molar-refractivity contribution >= 4 is 11.6 Å². The molecule has 0 radical (unpaired) electrons. The molecule has 0 atom stereocenters. The standard InChI is InChI=1S/C20H30ClN3/c1-20(2,18-9-11-19(21)12-10-18)23-13-7-5-3-4-6-8-15-24-16-14-22-17-24/h9-12,14,16-17,23H,3-8,13,15H2,1-2H3. The third-order valence-electron chi connectivity index (χ3n) is 4.54. The van der Waals surface area contributed by atoms with Crippen LogP contribution in [0, 0.1) is 0 Å². The van der Waals surface area contributed by atoms with Crippen molar-refractivity contribution in [2.75, 3.05) is 6.54 Å². The Balaban J connectivity index is 1.50. The van der Waals surface area contributed by atoms with Gasteiger partial charge in [0.25, 0.3) is 0 Å². The lowest BCUT2D eigenvalue weighted by molar-refractivity contribution is 0.394. The minimum Gasteiger partial charge on any atom is -0.337 e. The molecule has 24 heavy (non-hydrogen) atoms. The van der Waals surface area contributed by atoms with E-state index in [1.54, 1.807) is 0 Å². The largest absolute Gasteiger partial charge is 0.337 e. The topological polar surface area (TPSA) is 29.9 Å². The summed E-state index contributed by atoms with van der Waals surface area (Å²) in [6.45, 7) is 6.61. The van der Waals surface area contributed by atoms with E-state index in [1.165, 1.54) is 44.1 Å². The summed E-state index contributed by atoms with van der Waals surface area (Å²) in [4.78, 5) is 4.07. The lowest BCUT2D eigenvalue weighted by Crippen LogP contribution is -2.37. The summed E-state index contributed by atoms with van der Waals surface area (Å²) in [5.74, 6) is 0. The summed E-state index contributed by atoms with van der Waals surface area (Å²) < 4.78 is 2.16. The van der Waals surface area contributed by atoms with Gasteiger partial charge in [-0.2, -0.15) is 0 Å². The van der Waals surface area contributed by atoms with Crippen LogP contribution in [0.5, 0.6) is 0 Å². The van der Waals surface area contributed by atoms with Crippen LogP contribution in [0.4, 0.5) is 0 Å². The van der Waals surface area contributed by atoms with E-state index >= 15 is 0 Å². The minimum absolute atomic E-state index is 0.00458. The Morgan fingerprint density at radius 2 is 1.67 bits per heavy atom. The number of unbranched alkanes of at least 4 members (excludes halogenated alkanes) is 5. The van der Waals surface area contributed by atoms with Crippen molar-refractivity contribution in [3.8, 4) is 0 Å². The zero-order valence-corrected chi connectivity index (χ0v) is 15.7. The van der Waals surface area contributed by atoms with Gasteiger partial charge in [-0.05, 0) is 50.9 Å². The molecule has 0 aliphatic rings. The smallest absolute Gasteiger partial charge is 0.0945 e. The Morgan fingerprint density at radius 1 is 1.00 bits per heavy atom. The maximum Gasteiger partial charge on any atom is 0.0945 e. The Bertz CT molecular complexity index is 561. The summed E-state index contributed by atoms with van der Waals surface area (Å²) in [6, 6.07) is 8.14. The van der Waals surface area contributed by atoms with Crippen LogP contribution in [0.3, 0.4) is 0 Å². The molecule has 0 spiro atoms. The van der Waals surface area contributed by atoms with Crippen LogP contribution >= 0.6 is 11.6 Å². The van der Waals surface area contributed by atoms with Gasteiger partial charge in [-0.3, -0.25) is 0 Å². The predicted octanol–water partition coefficient (Wildman–Crippen LogP) is 5.40. The molecule has 2 aromatic rings. The number of aromatic nitrogens is 2. The third kappa shape index (κ3) is 6.66. The maximum absolute atomic E-state index is 5.96. The molecule has 0 amide bonds. The fourth-order valence-electron chi connectivity index (χ4n) is 2.91. The Labute approximate surface area is 151 Å². The van der Waals surface area contributed by atoms with E-state index in [0.717, 1.165) is 18.1 Å². The highest BCUT2D eigenvalue weighted by Crippen LogP contribution is 2.22. The number of imidazole rings is 1. The average molecular weight is 348 g/mol. The SMILES string of the molecule is CC(C)(NCCCCCCCCn1ccnc1)c1ccc(Cl)cc1. The van der Waals surface area contributed by atoms with Crippen molar-refractivity contribution in [1.29, 1.82) is 0 Å². The van der Waals surface area contributed by atoms with Crippen LogP contribution in [-0.2, 0) is 12.1 Å².